The molecule has 2 unspecified atom stereocenters. The predicted molar refractivity (Wildman–Crippen MR) is 76.4 cm³/mol. The van der Waals surface area contributed by atoms with Gasteiger partial charge in [0.2, 0.25) is 0 Å². The van der Waals surface area contributed by atoms with Crippen LogP contribution in [0.15, 0.2) is 0 Å². The van der Waals surface area contributed by atoms with E-state index in [1.54, 1.807) is 0 Å². The largest absolute Gasteiger partial charge is 0.391 e. The summed E-state index contributed by atoms with van der Waals surface area (Å²) in [6, 6.07) is 0.870. The standard InChI is InChI=1S/C15H33NO/c1-6-9-10-12-16(13(4)5)14(8-3)15(17)11-7-2/h13-15,17H,6-12H2,1-5H3. The van der Waals surface area contributed by atoms with Crippen LogP contribution in [0.3, 0.4) is 0 Å². The van der Waals surface area contributed by atoms with Gasteiger partial charge in [-0.25, -0.2) is 0 Å². The molecule has 0 heterocycles. The highest BCUT2D eigenvalue weighted by Crippen LogP contribution is 2.17. The summed E-state index contributed by atoms with van der Waals surface area (Å²) in [6.45, 7) is 12.2. The Morgan fingerprint density at radius 1 is 1.00 bits per heavy atom. The molecule has 0 aromatic heterocycles. The fraction of sp³-hybridized carbons (Fsp3) is 1.00. The van der Waals surface area contributed by atoms with Gasteiger partial charge < -0.3 is 5.11 Å². The maximum Gasteiger partial charge on any atom is 0.0695 e. The zero-order valence-corrected chi connectivity index (χ0v) is 12.6. The minimum atomic E-state index is -0.158. The Bertz CT molecular complexity index is 170. The number of aliphatic hydroxyl groups is 1. The van der Waals surface area contributed by atoms with Crippen LogP contribution < -0.4 is 0 Å². The van der Waals surface area contributed by atoms with Crippen LogP contribution in [0.25, 0.3) is 0 Å². The monoisotopic (exact) mass is 243 g/mol. The van der Waals surface area contributed by atoms with Crippen LogP contribution in [0.5, 0.6) is 0 Å². The molecule has 0 aliphatic heterocycles. The molecular formula is C15H33NO. The molecule has 0 aromatic rings. The van der Waals surface area contributed by atoms with Crippen LogP contribution >= 0.6 is 0 Å². The van der Waals surface area contributed by atoms with Crippen LogP contribution in [0, 0.1) is 0 Å². The van der Waals surface area contributed by atoms with E-state index in [9.17, 15) is 5.11 Å². The third-order valence-electron chi connectivity index (χ3n) is 3.56. The summed E-state index contributed by atoms with van der Waals surface area (Å²) < 4.78 is 0. The molecule has 104 valence electrons. The highest BCUT2D eigenvalue weighted by molar-refractivity contribution is 4.80. The number of unbranched alkanes of at least 4 members (excludes halogenated alkanes) is 2. The van der Waals surface area contributed by atoms with Crippen LogP contribution in [-0.2, 0) is 0 Å². The summed E-state index contributed by atoms with van der Waals surface area (Å²) in [5.74, 6) is 0. The lowest BCUT2D eigenvalue weighted by molar-refractivity contribution is 0.0232. The van der Waals surface area contributed by atoms with Crippen LogP contribution in [0.4, 0.5) is 0 Å². The Morgan fingerprint density at radius 3 is 2.06 bits per heavy atom. The predicted octanol–water partition coefficient (Wildman–Crippen LogP) is 3.83. The highest BCUT2D eigenvalue weighted by Gasteiger charge is 2.25. The number of hydrogen-bond donors (Lipinski definition) is 1. The number of hydrogen-bond acceptors (Lipinski definition) is 2. The van der Waals surface area contributed by atoms with Gasteiger partial charge in [-0.3, -0.25) is 4.90 Å². The van der Waals surface area contributed by atoms with Gasteiger partial charge >= 0.3 is 0 Å². The summed E-state index contributed by atoms with van der Waals surface area (Å²) in [6.07, 6.45) is 6.70. The lowest BCUT2D eigenvalue weighted by Gasteiger charge is -2.37. The fourth-order valence-electron chi connectivity index (χ4n) is 2.57. The second-order valence-electron chi connectivity index (χ2n) is 5.37. The number of nitrogens with zero attached hydrogens (tertiary/aromatic N) is 1. The van der Waals surface area contributed by atoms with E-state index in [0.717, 1.165) is 25.8 Å². The van der Waals surface area contributed by atoms with Crippen molar-refractivity contribution < 1.29 is 5.11 Å². The van der Waals surface area contributed by atoms with E-state index in [4.69, 9.17) is 0 Å². The SMILES string of the molecule is CCCCCN(C(C)C)C(CC)C(O)CCC. The van der Waals surface area contributed by atoms with Crippen molar-refractivity contribution in [1.29, 1.82) is 0 Å². The first kappa shape index (κ1) is 16.9. The Morgan fingerprint density at radius 2 is 1.65 bits per heavy atom. The average Bonchev–Trinajstić information content (AvgIpc) is 2.28. The molecule has 0 aromatic carbocycles. The lowest BCUT2D eigenvalue weighted by atomic mass is 10.00. The molecule has 0 fully saturated rings. The molecule has 2 heteroatoms. The van der Waals surface area contributed by atoms with E-state index in [1.807, 2.05) is 0 Å². The van der Waals surface area contributed by atoms with Crippen LogP contribution in [0.2, 0.25) is 0 Å². The van der Waals surface area contributed by atoms with Crippen molar-refractivity contribution in [2.45, 2.75) is 91.3 Å². The maximum atomic E-state index is 10.2. The van der Waals surface area contributed by atoms with E-state index in [0.29, 0.717) is 12.1 Å². The van der Waals surface area contributed by atoms with Gasteiger partial charge in [0.25, 0.3) is 0 Å². The second-order valence-corrected chi connectivity index (χ2v) is 5.37. The van der Waals surface area contributed by atoms with Crippen molar-refractivity contribution in [3.05, 3.63) is 0 Å². The highest BCUT2D eigenvalue weighted by atomic mass is 16.3. The summed E-state index contributed by atoms with van der Waals surface area (Å²) >= 11 is 0. The summed E-state index contributed by atoms with van der Waals surface area (Å²) in [4.78, 5) is 2.50. The molecule has 0 saturated heterocycles. The quantitative estimate of drug-likeness (QED) is 0.590. The number of rotatable bonds is 10. The van der Waals surface area contributed by atoms with Crippen molar-refractivity contribution in [2.75, 3.05) is 6.54 Å². The summed E-state index contributed by atoms with van der Waals surface area (Å²) in [7, 11) is 0. The summed E-state index contributed by atoms with van der Waals surface area (Å²) in [5, 5.41) is 10.2. The second kappa shape index (κ2) is 9.90. The zero-order valence-electron chi connectivity index (χ0n) is 12.6. The third-order valence-corrected chi connectivity index (χ3v) is 3.56. The molecule has 0 spiro atoms. The fourth-order valence-corrected chi connectivity index (χ4v) is 2.57. The Balaban J connectivity index is 4.40. The minimum Gasteiger partial charge on any atom is -0.391 e. The van der Waals surface area contributed by atoms with Crippen molar-refractivity contribution in [1.82, 2.24) is 4.90 Å². The molecule has 2 nitrogen and oxygen atoms in total. The van der Waals surface area contributed by atoms with Crippen molar-refractivity contribution >= 4 is 0 Å². The molecule has 0 rings (SSSR count). The van der Waals surface area contributed by atoms with Gasteiger partial charge in [-0.2, -0.15) is 0 Å². The maximum absolute atomic E-state index is 10.2. The van der Waals surface area contributed by atoms with E-state index in [-0.39, 0.29) is 6.10 Å². The van der Waals surface area contributed by atoms with E-state index in [1.165, 1.54) is 19.3 Å². The van der Waals surface area contributed by atoms with Crippen LogP contribution in [-0.4, -0.2) is 34.7 Å². The first-order chi connectivity index (χ1) is 8.08. The lowest BCUT2D eigenvalue weighted by Crippen LogP contribution is -2.47. The molecule has 1 N–H and O–H groups in total. The van der Waals surface area contributed by atoms with Gasteiger partial charge in [0, 0.05) is 12.1 Å². The van der Waals surface area contributed by atoms with E-state index >= 15 is 0 Å². The Kier molecular flexibility index (Phi) is 9.85. The molecule has 0 aliphatic carbocycles. The van der Waals surface area contributed by atoms with Gasteiger partial charge in [0.15, 0.2) is 0 Å². The molecule has 0 saturated carbocycles. The van der Waals surface area contributed by atoms with E-state index in [2.05, 4.69) is 39.5 Å². The van der Waals surface area contributed by atoms with Crippen molar-refractivity contribution in [3.63, 3.8) is 0 Å². The van der Waals surface area contributed by atoms with Crippen molar-refractivity contribution in [2.24, 2.45) is 0 Å². The van der Waals surface area contributed by atoms with Gasteiger partial charge in [-0.1, -0.05) is 40.0 Å². The first-order valence-corrected chi connectivity index (χ1v) is 7.52. The third kappa shape index (κ3) is 6.42. The molecule has 2 atom stereocenters. The Hall–Kier alpha value is -0.0800. The van der Waals surface area contributed by atoms with Crippen LogP contribution in [0.1, 0.15) is 73.1 Å². The molecule has 0 radical (unpaired) electrons. The van der Waals surface area contributed by atoms with Gasteiger partial charge in [0.1, 0.15) is 0 Å². The normalized spacial score (nSPS) is 15.5. The molecular weight excluding hydrogens is 210 g/mol. The summed E-state index contributed by atoms with van der Waals surface area (Å²) in [5.41, 5.74) is 0. The smallest absolute Gasteiger partial charge is 0.0695 e. The van der Waals surface area contributed by atoms with Gasteiger partial charge in [-0.05, 0) is 39.7 Å². The van der Waals surface area contributed by atoms with Gasteiger partial charge in [0.05, 0.1) is 6.10 Å². The average molecular weight is 243 g/mol. The topological polar surface area (TPSA) is 23.5 Å². The molecule has 0 bridgehead atoms. The van der Waals surface area contributed by atoms with E-state index < -0.39 is 0 Å². The first-order valence-electron chi connectivity index (χ1n) is 7.52. The molecule has 0 aliphatic rings. The molecule has 0 amide bonds. The minimum absolute atomic E-state index is 0.158. The zero-order chi connectivity index (χ0) is 13.3. The number of aliphatic hydroxyl groups excluding tert-OH is 1. The molecule has 17 heavy (non-hydrogen) atoms. The van der Waals surface area contributed by atoms with Gasteiger partial charge in [-0.15, -0.1) is 0 Å². The van der Waals surface area contributed by atoms with Crippen molar-refractivity contribution in [3.8, 4) is 0 Å². The Labute approximate surface area is 108 Å².